The fourth-order valence-corrected chi connectivity index (χ4v) is 2.66. The molecule has 3 nitrogen and oxygen atoms in total. The van der Waals surface area contributed by atoms with Gasteiger partial charge in [0.15, 0.2) is 0 Å². The lowest BCUT2D eigenvalue weighted by Gasteiger charge is -2.11. The van der Waals surface area contributed by atoms with Crippen LogP contribution in [0.2, 0.25) is 0 Å². The highest BCUT2D eigenvalue weighted by Gasteiger charge is 2.13. The van der Waals surface area contributed by atoms with Crippen molar-refractivity contribution in [1.29, 1.82) is 0 Å². The molecule has 0 saturated carbocycles. The van der Waals surface area contributed by atoms with Crippen LogP contribution in [-0.2, 0) is 9.05 Å². The lowest BCUT2D eigenvalue weighted by molar-refractivity contribution is 0.269. The first-order valence-electron chi connectivity index (χ1n) is 4.77. The zero-order valence-electron chi connectivity index (χ0n) is 8.99. The Labute approximate surface area is 103 Å². The summed E-state index contributed by atoms with van der Waals surface area (Å²) in [6.45, 7) is 1.62. The van der Waals surface area contributed by atoms with E-state index in [1.165, 1.54) is 0 Å². The number of benzene rings is 1. The molecule has 0 saturated heterocycles. The van der Waals surface area contributed by atoms with Crippen LogP contribution in [0.25, 0.3) is 0 Å². The van der Waals surface area contributed by atoms with Gasteiger partial charge < -0.3 is 4.74 Å². The summed E-state index contributed by atoms with van der Waals surface area (Å²) in [5.74, 6) is -2.12. The minimum atomic E-state index is -3.60. The Morgan fingerprint density at radius 2 is 1.82 bits per heavy atom. The topological polar surface area (TPSA) is 43.4 Å². The second-order valence-electron chi connectivity index (χ2n) is 3.73. The average molecular weight is 285 g/mol. The first-order valence-corrected chi connectivity index (χ1v) is 7.25. The Bertz CT molecular complexity index is 470. The highest BCUT2D eigenvalue weighted by atomic mass is 35.7. The van der Waals surface area contributed by atoms with E-state index in [4.69, 9.17) is 15.4 Å². The highest BCUT2D eigenvalue weighted by molar-refractivity contribution is 8.13. The summed E-state index contributed by atoms with van der Waals surface area (Å²) in [7, 11) is 1.46. The molecular weight excluding hydrogens is 274 g/mol. The molecule has 0 N–H and O–H groups in total. The number of hydrogen-bond donors (Lipinski definition) is 0. The SMILES string of the molecule is CC(COc1cc(F)cc(F)c1)CS(=O)(=O)Cl. The molecule has 1 unspecified atom stereocenters. The summed E-state index contributed by atoms with van der Waals surface area (Å²) in [5.41, 5.74) is 0. The summed E-state index contributed by atoms with van der Waals surface area (Å²) < 4.78 is 52.1. The van der Waals surface area contributed by atoms with Crippen molar-refractivity contribution in [2.24, 2.45) is 5.92 Å². The van der Waals surface area contributed by atoms with Gasteiger partial charge in [0.05, 0.1) is 12.4 Å². The molecule has 1 rings (SSSR count). The van der Waals surface area contributed by atoms with E-state index in [1.54, 1.807) is 6.92 Å². The fraction of sp³-hybridized carbons (Fsp3) is 0.400. The third-order valence-electron chi connectivity index (χ3n) is 1.85. The molecule has 0 heterocycles. The van der Waals surface area contributed by atoms with Gasteiger partial charge in [0.2, 0.25) is 9.05 Å². The Kier molecular flexibility index (Phi) is 4.70. The minimum Gasteiger partial charge on any atom is -0.493 e. The summed E-state index contributed by atoms with van der Waals surface area (Å²) in [6, 6.07) is 2.76. The van der Waals surface area contributed by atoms with Gasteiger partial charge in [0.25, 0.3) is 0 Å². The van der Waals surface area contributed by atoms with Gasteiger partial charge in [-0.05, 0) is 0 Å². The van der Waals surface area contributed by atoms with Crippen LogP contribution in [-0.4, -0.2) is 20.8 Å². The second kappa shape index (κ2) is 5.64. The molecule has 0 fully saturated rings. The van der Waals surface area contributed by atoms with Gasteiger partial charge in [-0.15, -0.1) is 0 Å². The molecule has 1 aromatic rings. The second-order valence-corrected chi connectivity index (χ2v) is 6.55. The maximum absolute atomic E-state index is 12.8. The smallest absolute Gasteiger partial charge is 0.232 e. The number of halogens is 3. The molecule has 0 aliphatic heterocycles. The van der Waals surface area contributed by atoms with Crippen molar-refractivity contribution in [1.82, 2.24) is 0 Å². The summed E-state index contributed by atoms with van der Waals surface area (Å²) in [4.78, 5) is 0. The van der Waals surface area contributed by atoms with Gasteiger partial charge >= 0.3 is 0 Å². The van der Waals surface area contributed by atoms with Crippen molar-refractivity contribution in [2.75, 3.05) is 12.4 Å². The van der Waals surface area contributed by atoms with E-state index in [0.717, 1.165) is 18.2 Å². The van der Waals surface area contributed by atoms with E-state index in [0.29, 0.717) is 0 Å². The van der Waals surface area contributed by atoms with Crippen molar-refractivity contribution in [2.45, 2.75) is 6.92 Å². The van der Waals surface area contributed by atoms with Gasteiger partial charge in [0, 0.05) is 34.8 Å². The Hall–Kier alpha value is -0.880. The quantitative estimate of drug-likeness (QED) is 0.781. The first-order chi connectivity index (χ1) is 7.76. The van der Waals surface area contributed by atoms with Crippen molar-refractivity contribution in [3.8, 4) is 5.75 Å². The van der Waals surface area contributed by atoms with E-state index < -0.39 is 20.7 Å². The first kappa shape index (κ1) is 14.2. The Balaban J connectivity index is 2.55. The standard InChI is InChI=1S/C10H11ClF2O3S/c1-7(6-17(11,14)15)5-16-10-3-8(12)2-9(13)4-10/h2-4,7H,5-6H2,1H3. The molecule has 7 heteroatoms. The maximum Gasteiger partial charge on any atom is 0.232 e. The molecule has 1 atom stereocenters. The van der Waals surface area contributed by atoms with E-state index in [9.17, 15) is 17.2 Å². The molecule has 0 aromatic heterocycles. The average Bonchev–Trinajstić information content (AvgIpc) is 2.10. The minimum absolute atomic E-state index is 0.00877. The normalized spacial score (nSPS) is 13.4. The van der Waals surface area contributed by atoms with Crippen LogP contribution >= 0.6 is 10.7 Å². The van der Waals surface area contributed by atoms with Crippen LogP contribution in [0.5, 0.6) is 5.75 Å². The van der Waals surface area contributed by atoms with Crippen molar-refractivity contribution >= 4 is 19.7 Å². The third-order valence-corrected chi connectivity index (χ3v) is 3.20. The van der Waals surface area contributed by atoms with Crippen LogP contribution < -0.4 is 4.74 Å². The summed E-state index contributed by atoms with van der Waals surface area (Å²) in [5, 5.41) is 0. The molecule has 0 aliphatic rings. The fourth-order valence-electron chi connectivity index (χ4n) is 1.24. The van der Waals surface area contributed by atoms with Gasteiger partial charge in [-0.1, -0.05) is 6.92 Å². The Morgan fingerprint density at radius 3 is 2.29 bits per heavy atom. The van der Waals surface area contributed by atoms with Crippen LogP contribution in [0.1, 0.15) is 6.92 Å². The van der Waals surface area contributed by atoms with E-state index in [1.807, 2.05) is 0 Å². The highest BCUT2D eigenvalue weighted by Crippen LogP contribution is 2.16. The lowest BCUT2D eigenvalue weighted by Crippen LogP contribution is -2.16. The summed E-state index contributed by atoms with van der Waals surface area (Å²) >= 11 is 0. The predicted octanol–water partition coefficient (Wildman–Crippen LogP) is 2.55. The van der Waals surface area contributed by atoms with Gasteiger partial charge in [-0.3, -0.25) is 0 Å². The zero-order chi connectivity index (χ0) is 13.1. The largest absolute Gasteiger partial charge is 0.493 e. The molecule has 96 valence electrons. The van der Waals surface area contributed by atoms with Crippen LogP contribution in [0.3, 0.4) is 0 Å². The molecule has 0 bridgehead atoms. The molecule has 1 aromatic carbocycles. The molecule has 17 heavy (non-hydrogen) atoms. The van der Waals surface area contributed by atoms with Gasteiger partial charge in [-0.2, -0.15) is 0 Å². The Morgan fingerprint density at radius 1 is 1.29 bits per heavy atom. The number of hydrogen-bond acceptors (Lipinski definition) is 3. The summed E-state index contributed by atoms with van der Waals surface area (Å²) in [6.07, 6.45) is 0. The van der Waals surface area contributed by atoms with Crippen LogP contribution in [0.4, 0.5) is 8.78 Å². The van der Waals surface area contributed by atoms with Crippen LogP contribution in [0, 0.1) is 17.6 Å². The van der Waals surface area contributed by atoms with Gasteiger partial charge in [-0.25, -0.2) is 17.2 Å². The van der Waals surface area contributed by atoms with Crippen molar-refractivity contribution < 1.29 is 21.9 Å². The number of ether oxygens (including phenoxy) is 1. The predicted molar refractivity (Wildman–Crippen MR) is 60.7 cm³/mol. The lowest BCUT2D eigenvalue weighted by atomic mass is 10.2. The maximum atomic E-state index is 12.8. The van der Waals surface area contributed by atoms with E-state index in [2.05, 4.69) is 0 Å². The van der Waals surface area contributed by atoms with Gasteiger partial charge in [0.1, 0.15) is 17.4 Å². The molecule has 0 aliphatic carbocycles. The van der Waals surface area contributed by atoms with Crippen molar-refractivity contribution in [3.05, 3.63) is 29.8 Å². The third kappa shape index (κ3) is 5.83. The zero-order valence-corrected chi connectivity index (χ0v) is 10.6. The molecule has 0 spiro atoms. The number of rotatable bonds is 5. The van der Waals surface area contributed by atoms with Crippen LogP contribution in [0.15, 0.2) is 18.2 Å². The van der Waals surface area contributed by atoms with E-state index >= 15 is 0 Å². The molecule has 0 radical (unpaired) electrons. The van der Waals surface area contributed by atoms with Crippen molar-refractivity contribution in [3.63, 3.8) is 0 Å². The van der Waals surface area contributed by atoms with E-state index in [-0.39, 0.29) is 24.0 Å². The monoisotopic (exact) mass is 284 g/mol. The molecule has 0 amide bonds. The molecular formula is C10H11ClF2O3S.